The van der Waals surface area contributed by atoms with Crippen molar-refractivity contribution < 1.29 is 4.79 Å². The first kappa shape index (κ1) is 15.9. The Bertz CT molecular complexity index is 461. The number of Topliss-reactive ketones (excluding diaryl/α,β-unsaturated/α-hetero) is 1. The van der Waals surface area contributed by atoms with Gasteiger partial charge in [-0.3, -0.25) is 16.1 Å². The molecule has 19 heavy (non-hydrogen) atoms. The van der Waals surface area contributed by atoms with Crippen molar-refractivity contribution in [3.63, 3.8) is 0 Å². The summed E-state index contributed by atoms with van der Waals surface area (Å²) in [6, 6.07) is 4.06. The minimum absolute atomic E-state index is 0.0593. The number of hydrogen-bond donors (Lipinski definition) is 3. The maximum Gasteiger partial charge on any atom is 0.189 e. The van der Waals surface area contributed by atoms with Crippen molar-refractivity contribution in [3.8, 4) is 0 Å². The van der Waals surface area contributed by atoms with E-state index in [2.05, 4.69) is 5.43 Å². The van der Waals surface area contributed by atoms with Crippen LogP contribution in [0.3, 0.4) is 0 Å². The topological polar surface area (TPSA) is 81.1 Å². The van der Waals surface area contributed by atoms with E-state index in [-0.39, 0.29) is 12.3 Å². The van der Waals surface area contributed by atoms with Gasteiger partial charge < -0.3 is 5.73 Å². The summed E-state index contributed by atoms with van der Waals surface area (Å²) in [4.78, 5) is 12.3. The molecule has 0 amide bonds. The molecule has 4 nitrogen and oxygen atoms in total. The lowest BCUT2D eigenvalue weighted by Gasteiger charge is -2.15. The highest BCUT2D eigenvalue weighted by atomic mass is 32.1. The third-order valence-electron chi connectivity index (χ3n) is 3.10. The van der Waals surface area contributed by atoms with E-state index in [1.807, 2.05) is 26.0 Å². The first-order chi connectivity index (χ1) is 9.08. The van der Waals surface area contributed by atoms with E-state index in [0.29, 0.717) is 11.4 Å². The van der Waals surface area contributed by atoms with Crippen molar-refractivity contribution in [2.75, 3.05) is 6.54 Å². The van der Waals surface area contributed by atoms with E-state index in [1.165, 1.54) is 0 Å². The molecule has 1 aromatic rings. The lowest BCUT2D eigenvalue weighted by atomic mass is 9.91. The van der Waals surface area contributed by atoms with Crippen LogP contribution in [0, 0.1) is 0 Å². The Labute approximate surface area is 119 Å². The Morgan fingerprint density at radius 3 is 2.16 bits per heavy atom. The number of nitrogens with one attached hydrogen (secondary N) is 1. The van der Waals surface area contributed by atoms with Gasteiger partial charge in [-0.2, -0.15) is 0 Å². The molecule has 0 saturated carbocycles. The molecule has 1 aromatic carbocycles. The smallest absolute Gasteiger partial charge is 0.189 e. The standard InChI is InChI=1S/C14H21N3OS/c1-3-10-5-9(7-15)6-11(4-2)13(10)14(19)12(18)8-17-16/h5-6,17H,3-4,7-8,15-16H2,1-2H3. The largest absolute Gasteiger partial charge is 0.326 e. The predicted octanol–water partition coefficient (Wildman–Crippen LogP) is 1.02. The van der Waals surface area contributed by atoms with Crippen LogP contribution in [0.1, 0.15) is 36.1 Å². The van der Waals surface area contributed by atoms with Gasteiger partial charge >= 0.3 is 0 Å². The average molecular weight is 279 g/mol. The molecular formula is C14H21N3OS. The number of benzene rings is 1. The Hall–Kier alpha value is -1.14. The first-order valence-electron chi connectivity index (χ1n) is 6.44. The molecule has 0 aliphatic carbocycles. The lowest BCUT2D eigenvalue weighted by Crippen LogP contribution is -2.33. The van der Waals surface area contributed by atoms with Gasteiger partial charge in [-0.1, -0.05) is 38.2 Å². The number of thiocarbonyl (C=S) groups is 1. The van der Waals surface area contributed by atoms with Gasteiger partial charge in [0.2, 0.25) is 0 Å². The maximum absolute atomic E-state index is 11.9. The van der Waals surface area contributed by atoms with Crippen LogP contribution in [0.4, 0.5) is 0 Å². The van der Waals surface area contributed by atoms with Gasteiger partial charge in [-0.05, 0) is 29.5 Å². The fraction of sp³-hybridized carbons (Fsp3) is 0.429. The number of aryl methyl sites for hydroxylation is 2. The number of rotatable bonds is 7. The Kier molecular flexibility index (Phi) is 6.24. The van der Waals surface area contributed by atoms with E-state index in [0.717, 1.165) is 35.1 Å². The fourth-order valence-electron chi connectivity index (χ4n) is 2.12. The van der Waals surface area contributed by atoms with Gasteiger partial charge in [0.05, 0.1) is 11.4 Å². The summed E-state index contributed by atoms with van der Waals surface area (Å²) in [6.45, 7) is 4.65. The van der Waals surface area contributed by atoms with E-state index in [4.69, 9.17) is 23.8 Å². The summed E-state index contributed by atoms with van der Waals surface area (Å²) in [5.41, 5.74) is 12.2. The molecule has 0 aromatic heterocycles. The molecule has 0 saturated heterocycles. The van der Waals surface area contributed by atoms with Crippen molar-refractivity contribution >= 4 is 22.9 Å². The van der Waals surface area contributed by atoms with E-state index in [9.17, 15) is 4.79 Å². The molecule has 0 heterocycles. The molecule has 5 N–H and O–H groups in total. The fourth-order valence-corrected chi connectivity index (χ4v) is 2.45. The van der Waals surface area contributed by atoms with Gasteiger partial charge in [-0.25, -0.2) is 0 Å². The average Bonchev–Trinajstić information content (AvgIpc) is 2.44. The second-order valence-electron chi connectivity index (χ2n) is 4.33. The first-order valence-corrected chi connectivity index (χ1v) is 6.85. The Balaban J connectivity index is 3.31. The third kappa shape index (κ3) is 3.67. The molecule has 0 atom stereocenters. The van der Waals surface area contributed by atoms with Crippen LogP contribution in [0.15, 0.2) is 12.1 Å². The Morgan fingerprint density at radius 2 is 1.79 bits per heavy atom. The second-order valence-corrected chi connectivity index (χ2v) is 4.74. The zero-order valence-corrected chi connectivity index (χ0v) is 12.3. The highest BCUT2D eigenvalue weighted by Gasteiger charge is 2.18. The number of carbonyl (C=O) groups excluding carboxylic acids is 1. The number of hydrogen-bond acceptors (Lipinski definition) is 5. The highest BCUT2D eigenvalue weighted by molar-refractivity contribution is 7.82. The van der Waals surface area contributed by atoms with Crippen molar-refractivity contribution in [1.82, 2.24) is 5.43 Å². The van der Waals surface area contributed by atoms with Gasteiger partial charge in [0.25, 0.3) is 0 Å². The summed E-state index contributed by atoms with van der Waals surface area (Å²) in [5.74, 6) is 5.03. The van der Waals surface area contributed by atoms with Gasteiger partial charge in [0.1, 0.15) is 0 Å². The summed E-state index contributed by atoms with van der Waals surface area (Å²) in [6.07, 6.45) is 1.64. The summed E-state index contributed by atoms with van der Waals surface area (Å²) < 4.78 is 0. The minimum atomic E-state index is -0.151. The molecule has 104 valence electrons. The molecule has 5 heteroatoms. The quantitative estimate of drug-likeness (QED) is 0.300. The van der Waals surface area contributed by atoms with Crippen LogP contribution in [0.2, 0.25) is 0 Å². The maximum atomic E-state index is 11.9. The third-order valence-corrected chi connectivity index (χ3v) is 3.53. The number of carbonyl (C=O) groups is 1. The van der Waals surface area contributed by atoms with Crippen LogP contribution in [0.5, 0.6) is 0 Å². The van der Waals surface area contributed by atoms with E-state index in [1.54, 1.807) is 0 Å². The highest BCUT2D eigenvalue weighted by Crippen LogP contribution is 2.21. The molecule has 0 spiro atoms. The summed E-state index contributed by atoms with van der Waals surface area (Å²) in [5, 5.41) is 0. The summed E-state index contributed by atoms with van der Waals surface area (Å²) in [7, 11) is 0. The zero-order chi connectivity index (χ0) is 14.4. The molecule has 1 rings (SSSR count). The predicted molar refractivity (Wildman–Crippen MR) is 82.0 cm³/mol. The van der Waals surface area contributed by atoms with Crippen LogP contribution in [-0.4, -0.2) is 17.2 Å². The number of ketones is 1. The van der Waals surface area contributed by atoms with Crippen molar-refractivity contribution in [1.29, 1.82) is 0 Å². The van der Waals surface area contributed by atoms with Crippen molar-refractivity contribution in [2.45, 2.75) is 33.2 Å². The molecule has 0 radical (unpaired) electrons. The molecule has 0 bridgehead atoms. The van der Waals surface area contributed by atoms with E-state index < -0.39 is 0 Å². The van der Waals surface area contributed by atoms with Crippen molar-refractivity contribution in [2.24, 2.45) is 11.6 Å². The number of hydrazine groups is 1. The lowest BCUT2D eigenvalue weighted by molar-refractivity contribution is -0.112. The monoisotopic (exact) mass is 279 g/mol. The summed E-state index contributed by atoms with van der Waals surface area (Å²) >= 11 is 5.32. The van der Waals surface area contributed by atoms with Gasteiger partial charge in [-0.15, -0.1) is 0 Å². The molecular weight excluding hydrogens is 258 g/mol. The normalized spacial score (nSPS) is 10.5. The number of nitrogens with two attached hydrogens (primary N) is 2. The van der Waals surface area contributed by atoms with Gasteiger partial charge in [0.15, 0.2) is 5.78 Å². The van der Waals surface area contributed by atoms with E-state index >= 15 is 0 Å². The zero-order valence-electron chi connectivity index (χ0n) is 11.5. The second kappa shape index (κ2) is 7.45. The van der Waals surface area contributed by atoms with Crippen molar-refractivity contribution in [3.05, 3.63) is 34.4 Å². The van der Waals surface area contributed by atoms with Crippen LogP contribution in [-0.2, 0) is 24.2 Å². The van der Waals surface area contributed by atoms with Gasteiger partial charge in [0, 0.05) is 12.1 Å². The SMILES string of the molecule is CCc1cc(CN)cc(CC)c1C(=S)C(=O)CNN. The van der Waals surface area contributed by atoms with Crippen LogP contribution >= 0.6 is 12.2 Å². The van der Waals surface area contributed by atoms with Crippen LogP contribution in [0.25, 0.3) is 0 Å². The molecule has 0 aliphatic rings. The molecule has 0 unspecified atom stereocenters. The Morgan fingerprint density at radius 1 is 1.26 bits per heavy atom. The molecule has 0 fully saturated rings. The van der Waals surface area contributed by atoms with Crippen LogP contribution < -0.4 is 17.0 Å². The molecule has 0 aliphatic heterocycles. The minimum Gasteiger partial charge on any atom is -0.326 e.